The summed E-state index contributed by atoms with van der Waals surface area (Å²) < 4.78 is 116. The second-order valence-corrected chi connectivity index (χ2v) is 48.7. The fourth-order valence-electron chi connectivity index (χ4n) is 16.1. The van der Waals surface area contributed by atoms with Gasteiger partial charge in [0.15, 0.2) is 12.6 Å². The van der Waals surface area contributed by atoms with Gasteiger partial charge >= 0.3 is 29.1 Å². The van der Waals surface area contributed by atoms with E-state index in [1.54, 1.807) is 0 Å². The van der Waals surface area contributed by atoms with Crippen LogP contribution in [0.1, 0.15) is 117 Å². The largest absolute Gasteiger partial charge is 0.465 e. The summed E-state index contributed by atoms with van der Waals surface area (Å²) in [5.41, 5.74) is 4.36. The van der Waals surface area contributed by atoms with E-state index in [9.17, 15) is 5.11 Å². The Morgan fingerprint density at radius 1 is 0.549 bits per heavy atom. The van der Waals surface area contributed by atoms with Gasteiger partial charge < -0.3 is 84.5 Å². The highest BCUT2D eigenvalue weighted by molar-refractivity contribution is 6.79. The van der Waals surface area contributed by atoms with Gasteiger partial charge in [0.05, 0.1) is 78.5 Å². The molecule has 6 heterocycles. The molecule has 6 saturated heterocycles. The van der Waals surface area contributed by atoms with Gasteiger partial charge in [-0.3, -0.25) is 0 Å². The number of amides is 1. The molecule has 0 spiro atoms. The molecular weight excluding hydrogens is 1350 g/mol. The average Bonchev–Trinajstić information content (AvgIpc) is 1.43. The summed E-state index contributed by atoms with van der Waals surface area (Å²) in [5.74, 6) is -3.44. The van der Waals surface area contributed by atoms with Gasteiger partial charge in [0, 0.05) is 34.8 Å². The average molecular weight is 1460 g/mol. The molecule has 5 aromatic carbocycles. The van der Waals surface area contributed by atoms with Crippen molar-refractivity contribution < 1.29 is 89.6 Å². The molecule has 102 heavy (non-hydrogen) atoms. The van der Waals surface area contributed by atoms with Crippen LogP contribution in [0, 0.1) is 0 Å². The van der Waals surface area contributed by atoms with Gasteiger partial charge in [0.2, 0.25) is 0 Å². The minimum Gasteiger partial charge on any atom is -0.465 e. The fourth-order valence-corrected chi connectivity index (χ4v) is 27.9. The van der Waals surface area contributed by atoms with Gasteiger partial charge in [0.1, 0.15) is 67.1 Å². The van der Waals surface area contributed by atoms with Gasteiger partial charge in [-0.25, -0.2) is 9.59 Å². The van der Waals surface area contributed by atoms with Crippen molar-refractivity contribution in [2.75, 3.05) is 33.5 Å². The number of carbonyl (C=O) groups excluding carboxylic acids is 2. The standard InChI is InChI=1S/C79H111NO19Si3/c1-75(2,3)101(76(4,5)6)80-62-58(94-74(80)83)44-79(73(82)84-13,96-66(62)65(99-101)61-52-91-102(98-61,77(7,8)9)78(10,11)12)97-67-63(81)59(50-85-45-53-32-22-17-23-33-53)92-72(69(67)89-48-56-38-28-20-29-39-56)95-64-60(51-86-46-54-34-24-18-25-35-54)93-71(87-42-43-100(14,15)16)70(90-49-57-40-30-21-31-41-57)68(64)88-47-55-36-26-19-27-37-55/h17-41,58-72,81H,42-52H2,1-16H3/t58-,59+,60+,61+,62+,63-,64+,65+,66+,67-,68-,69+,70+,71+,72-,79-/m0/s1. The smallest absolute Gasteiger partial charge is 0.404 e. The van der Waals surface area contributed by atoms with E-state index < -0.39 is 155 Å². The number of aliphatic hydroxyl groups is 1. The third kappa shape index (κ3) is 17.0. The number of benzene rings is 5. The Kier molecular flexibility index (Phi) is 24.6. The molecule has 0 aromatic heterocycles. The topological polar surface area (TPSA) is 205 Å². The fraction of sp³-hybridized carbons (Fsp3) is 0.595. The molecule has 6 aliphatic rings. The Labute approximate surface area is 607 Å². The van der Waals surface area contributed by atoms with Gasteiger partial charge in [-0.1, -0.05) is 254 Å². The zero-order valence-corrected chi connectivity index (χ0v) is 65.6. The van der Waals surface area contributed by atoms with Gasteiger partial charge in [-0.05, 0) is 33.9 Å². The number of carbonyl (C=O) groups is 2. The highest BCUT2D eigenvalue weighted by atomic mass is 28.4. The van der Waals surface area contributed by atoms with Crippen LogP contribution in [0.15, 0.2) is 152 Å². The molecule has 6 aliphatic heterocycles. The summed E-state index contributed by atoms with van der Waals surface area (Å²) in [7, 11) is -7.27. The molecule has 1 amide bonds. The maximum atomic E-state index is 15.7. The molecule has 558 valence electrons. The Morgan fingerprint density at radius 2 is 1.00 bits per heavy atom. The maximum absolute atomic E-state index is 15.7. The molecule has 0 aliphatic carbocycles. The highest BCUT2D eigenvalue weighted by Gasteiger charge is 2.77. The van der Waals surface area contributed by atoms with Gasteiger partial charge in [0.25, 0.3) is 5.79 Å². The van der Waals surface area contributed by atoms with Crippen LogP contribution in [0.5, 0.6) is 0 Å². The molecule has 0 saturated carbocycles. The number of methoxy groups -OCH3 is 1. The third-order valence-electron chi connectivity index (χ3n) is 20.5. The number of nitrogens with zero attached hydrogens (tertiary/aromatic N) is 1. The van der Waals surface area contributed by atoms with Crippen LogP contribution in [0.4, 0.5) is 4.79 Å². The van der Waals surface area contributed by atoms with E-state index in [0.29, 0.717) is 6.61 Å². The molecule has 20 nitrogen and oxygen atoms in total. The maximum Gasteiger partial charge on any atom is 0.404 e. The van der Waals surface area contributed by atoms with Crippen molar-refractivity contribution >= 4 is 37.2 Å². The van der Waals surface area contributed by atoms with Crippen molar-refractivity contribution in [3.63, 3.8) is 0 Å². The molecule has 5 aromatic rings. The van der Waals surface area contributed by atoms with E-state index in [0.717, 1.165) is 33.9 Å². The first-order valence-corrected chi connectivity index (χ1v) is 43.6. The molecule has 0 unspecified atom stereocenters. The van der Waals surface area contributed by atoms with Crippen LogP contribution >= 0.6 is 0 Å². The van der Waals surface area contributed by atoms with Gasteiger partial charge in [-0.15, -0.1) is 0 Å². The number of esters is 1. The van der Waals surface area contributed by atoms with E-state index in [-0.39, 0.29) is 59.3 Å². The van der Waals surface area contributed by atoms with E-state index in [1.807, 2.05) is 156 Å². The van der Waals surface area contributed by atoms with E-state index in [1.165, 1.54) is 7.11 Å². The summed E-state index contributed by atoms with van der Waals surface area (Å²) >= 11 is 0. The highest BCUT2D eigenvalue weighted by Crippen LogP contribution is 2.62. The number of hydrogen-bond acceptors (Lipinski definition) is 19. The number of ether oxygens (including phenoxy) is 13. The molecule has 0 bridgehead atoms. The van der Waals surface area contributed by atoms with Crippen LogP contribution in [-0.2, 0) is 113 Å². The summed E-state index contributed by atoms with van der Waals surface area (Å²) in [6.45, 7) is 33.3. The zero-order chi connectivity index (χ0) is 73.0. The first-order valence-electron chi connectivity index (χ1n) is 36.3. The van der Waals surface area contributed by atoms with Crippen LogP contribution in [0.25, 0.3) is 0 Å². The van der Waals surface area contributed by atoms with Crippen LogP contribution < -0.4 is 0 Å². The summed E-state index contributed by atoms with van der Waals surface area (Å²) in [4.78, 5) is 31.0. The normalized spacial score (nSPS) is 30.4. The summed E-state index contributed by atoms with van der Waals surface area (Å²) in [5, 5.41) is 11.4. The Bertz CT molecular complexity index is 3450. The van der Waals surface area contributed by atoms with E-state index >= 15 is 9.59 Å². The van der Waals surface area contributed by atoms with Crippen molar-refractivity contribution in [2.24, 2.45) is 0 Å². The van der Waals surface area contributed by atoms with Crippen LogP contribution in [0.3, 0.4) is 0 Å². The lowest BCUT2D eigenvalue weighted by molar-refractivity contribution is -0.395. The second kappa shape index (κ2) is 32.1. The zero-order valence-electron chi connectivity index (χ0n) is 62.6. The number of aliphatic hydroxyl groups excluding tert-OH is 1. The third-order valence-corrected chi connectivity index (χ3v) is 33.2. The molecule has 1 N–H and O–H groups in total. The van der Waals surface area contributed by atoms with Crippen molar-refractivity contribution in [3.05, 3.63) is 179 Å². The van der Waals surface area contributed by atoms with Crippen molar-refractivity contribution in [2.45, 2.75) is 266 Å². The predicted octanol–water partition coefficient (Wildman–Crippen LogP) is 13.9. The molecular formula is C79H111NO19Si3. The number of rotatable bonds is 27. The van der Waals surface area contributed by atoms with Crippen molar-refractivity contribution in [1.29, 1.82) is 0 Å². The minimum atomic E-state index is -3.64. The van der Waals surface area contributed by atoms with Crippen molar-refractivity contribution in [3.8, 4) is 0 Å². The number of hydrogen-bond donors (Lipinski definition) is 1. The molecule has 6 fully saturated rings. The first kappa shape index (κ1) is 78.0. The Balaban J connectivity index is 1.05. The summed E-state index contributed by atoms with van der Waals surface area (Å²) in [6, 6.07) is 48.8. The molecule has 11 rings (SSSR count). The second-order valence-electron chi connectivity index (χ2n) is 33.4. The van der Waals surface area contributed by atoms with Gasteiger partial charge in [-0.2, -0.15) is 0 Å². The first-order chi connectivity index (χ1) is 48.4. The Hall–Kier alpha value is -5.11. The quantitative estimate of drug-likeness (QED) is 0.0383. The molecule has 16 atom stereocenters. The van der Waals surface area contributed by atoms with Crippen LogP contribution in [0.2, 0.25) is 45.8 Å². The lowest BCUT2D eigenvalue weighted by Crippen LogP contribution is -2.81. The van der Waals surface area contributed by atoms with E-state index in [4.69, 9.17) is 74.9 Å². The monoisotopic (exact) mass is 1460 g/mol. The lowest BCUT2D eigenvalue weighted by atomic mass is 9.88. The molecule has 23 heteroatoms. The summed E-state index contributed by atoms with van der Waals surface area (Å²) in [6.07, 6.45) is -17.4. The SMILES string of the molecule is COC(=O)[C@@]1(O[C@H]2[C@@H](O)[C@@H](COCc3ccccc3)O[C@@H](O[C@H]3[C@H](OCc4ccccc4)[C@@H](OCc4ccccc4)[C@H](OCC[Si](C)(C)C)O[C@@H]3COCc3ccccc3)[C@@H]2OCc2ccccc2)C[C@@H]2OC(=O)N3[C@H]2[C@@H](O1)[C@@H]([C@H]1CO[Si](C(C)(C)C)(C(C)(C)C)O1)O[Si]3(C(C)(C)C)C(C)(C)C. The lowest BCUT2D eigenvalue weighted by Gasteiger charge is -2.63. The molecule has 0 radical (unpaired) electrons. The predicted molar refractivity (Wildman–Crippen MR) is 391 cm³/mol. The van der Waals surface area contributed by atoms with Crippen LogP contribution in [-0.4, -0.2) is 178 Å². The Morgan fingerprint density at radius 3 is 1.45 bits per heavy atom. The van der Waals surface area contributed by atoms with Crippen molar-refractivity contribution in [1.82, 2.24) is 4.57 Å². The minimum absolute atomic E-state index is 0.0277. The van der Waals surface area contributed by atoms with E-state index in [2.05, 4.69) is 103 Å².